The van der Waals surface area contributed by atoms with Gasteiger partial charge >= 0.3 is 0 Å². The molecule has 1 aromatic rings. The fourth-order valence-electron chi connectivity index (χ4n) is 2.44. The zero-order valence-corrected chi connectivity index (χ0v) is 15.9. The zero-order valence-electron chi connectivity index (χ0n) is 14.1. The summed E-state index contributed by atoms with van der Waals surface area (Å²) in [5.74, 6) is 0. The molecule has 0 aromatic heterocycles. The fraction of sp³-hybridized carbons (Fsp3) is 0.625. The van der Waals surface area contributed by atoms with Gasteiger partial charge in [-0.05, 0) is 44.9 Å². The monoisotopic (exact) mass is 329 g/mol. The molecule has 21 heavy (non-hydrogen) atoms. The number of hydrogen-bond donors (Lipinski definition) is 0. The topological polar surface area (TPSA) is 30.8 Å². The van der Waals surface area contributed by atoms with Crippen molar-refractivity contribution < 1.29 is 9.05 Å². The summed E-state index contributed by atoms with van der Waals surface area (Å²) >= 11 is 0. The Labute approximate surface area is 131 Å². The molecule has 0 aliphatic heterocycles. The average Bonchev–Trinajstić information content (AvgIpc) is 2.39. The molecule has 5 heteroatoms. The lowest BCUT2D eigenvalue weighted by Crippen LogP contribution is -2.08. The molecule has 0 amide bonds. The predicted molar refractivity (Wildman–Crippen MR) is 95.9 cm³/mol. The van der Waals surface area contributed by atoms with Crippen LogP contribution in [0.3, 0.4) is 0 Å². The molecule has 0 aliphatic carbocycles. The van der Waals surface area contributed by atoms with Gasteiger partial charge in [0.05, 0.1) is 18.9 Å². The van der Waals surface area contributed by atoms with E-state index in [-0.39, 0.29) is 0 Å². The lowest BCUT2D eigenvalue weighted by atomic mass is 10.3. The van der Waals surface area contributed by atoms with Gasteiger partial charge in [-0.15, -0.1) is 0 Å². The summed E-state index contributed by atoms with van der Waals surface area (Å²) in [6.07, 6.45) is 0. The molecule has 0 spiro atoms. The molecule has 120 valence electrons. The van der Waals surface area contributed by atoms with Gasteiger partial charge in [-0.1, -0.05) is 45.9 Å². The van der Waals surface area contributed by atoms with Gasteiger partial charge in [-0.2, -0.15) is 0 Å². The Morgan fingerprint density at radius 3 is 1.81 bits per heavy atom. The van der Waals surface area contributed by atoms with E-state index >= 15 is 0 Å². The highest BCUT2D eigenvalue weighted by molar-refractivity contribution is 8.30. The Balaban J connectivity index is 3.42. The Kier molecular flexibility index (Phi) is 8.13. The maximum absolute atomic E-state index is 6.21. The maximum atomic E-state index is 6.21. The van der Waals surface area contributed by atoms with Crippen molar-refractivity contribution in [3.63, 3.8) is 0 Å². The molecule has 0 saturated heterocycles. The summed E-state index contributed by atoms with van der Waals surface area (Å²) in [5.41, 5.74) is 2.01. The van der Waals surface area contributed by atoms with Crippen LogP contribution in [0.1, 0.15) is 41.5 Å². The van der Waals surface area contributed by atoms with Gasteiger partial charge < -0.3 is 9.05 Å². The molecule has 0 unspecified atom stereocenters. The first-order valence-electron chi connectivity index (χ1n) is 7.72. The first-order chi connectivity index (χ1) is 9.96. The van der Waals surface area contributed by atoms with Crippen molar-refractivity contribution >= 4 is 20.5 Å². The summed E-state index contributed by atoms with van der Waals surface area (Å²) < 4.78 is 17.4. The number of benzene rings is 1. The van der Waals surface area contributed by atoms with E-state index in [2.05, 4.69) is 27.7 Å². The zero-order chi connectivity index (χ0) is 15.9. The van der Waals surface area contributed by atoms with E-state index in [1.807, 2.05) is 44.2 Å². The van der Waals surface area contributed by atoms with Gasteiger partial charge in [0.1, 0.15) is 0 Å². The van der Waals surface area contributed by atoms with Gasteiger partial charge in [0, 0.05) is 0 Å². The largest absolute Gasteiger partial charge is 0.321 e. The molecule has 0 radical (unpaired) electrons. The van der Waals surface area contributed by atoms with Crippen molar-refractivity contribution in [2.24, 2.45) is 4.74 Å². The van der Waals surface area contributed by atoms with Crippen LogP contribution in [0.15, 0.2) is 35.1 Å². The second kappa shape index (κ2) is 9.06. The Bertz CT molecular complexity index is 443. The molecular weight excluding hydrogens is 300 g/mol. The van der Waals surface area contributed by atoms with Crippen molar-refractivity contribution in [1.29, 1.82) is 0 Å². The normalized spacial score (nSPS) is 12.4. The summed E-state index contributed by atoms with van der Waals surface area (Å²) in [6.45, 7) is 14.4. The number of hydrogen-bond acceptors (Lipinski definition) is 3. The van der Waals surface area contributed by atoms with E-state index in [0.717, 1.165) is 5.69 Å². The maximum Gasteiger partial charge on any atom is 0.238 e. The SMILES string of the molecule is CCOP(=Nc1ccccc1)(OCC)P(C(C)C)C(C)C. The van der Waals surface area contributed by atoms with Gasteiger partial charge in [0.25, 0.3) is 0 Å². The van der Waals surface area contributed by atoms with Gasteiger partial charge in [-0.3, -0.25) is 0 Å². The minimum atomic E-state index is -2.25. The average molecular weight is 329 g/mol. The second-order valence-corrected chi connectivity index (χ2v) is 12.8. The van der Waals surface area contributed by atoms with Crippen LogP contribution in [0, 0.1) is 0 Å². The quantitative estimate of drug-likeness (QED) is 0.501. The van der Waals surface area contributed by atoms with Crippen molar-refractivity contribution in [3.05, 3.63) is 30.3 Å². The smallest absolute Gasteiger partial charge is 0.238 e. The van der Waals surface area contributed by atoms with Crippen molar-refractivity contribution in [2.45, 2.75) is 52.9 Å². The van der Waals surface area contributed by atoms with E-state index in [9.17, 15) is 0 Å². The van der Waals surface area contributed by atoms with E-state index in [4.69, 9.17) is 13.8 Å². The minimum Gasteiger partial charge on any atom is -0.321 e. The first kappa shape index (κ1) is 18.8. The third-order valence-electron chi connectivity index (χ3n) is 2.94. The third kappa shape index (κ3) is 5.18. The molecule has 0 atom stereocenters. The first-order valence-corrected chi connectivity index (χ1v) is 11.5. The molecule has 3 nitrogen and oxygen atoms in total. The van der Waals surface area contributed by atoms with Crippen LogP contribution in [0.5, 0.6) is 0 Å². The van der Waals surface area contributed by atoms with Gasteiger partial charge in [0.15, 0.2) is 0 Å². The van der Waals surface area contributed by atoms with Crippen LogP contribution in [-0.2, 0) is 9.05 Å². The molecule has 0 fully saturated rings. The molecule has 0 bridgehead atoms. The standard InChI is InChI=1S/C16H29NO2P2/c1-7-18-21(19-8-2,20(14(3)4)15(5)6)17-16-12-10-9-11-13-16/h9-15H,7-8H2,1-6H3. The third-order valence-corrected chi connectivity index (χ3v) is 12.8. The van der Waals surface area contributed by atoms with E-state index < -0.39 is 14.8 Å². The molecule has 0 aliphatic rings. The Morgan fingerprint density at radius 1 is 0.952 bits per heavy atom. The van der Waals surface area contributed by atoms with Crippen LogP contribution in [0.4, 0.5) is 5.69 Å². The molecular formula is C16H29NO2P2. The Hall–Kier alpha value is -0.200. The molecule has 0 heterocycles. The Morgan fingerprint density at radius 2 is 1.43 bits per heavy atom. The van der Waals surface area contributed by atoms with Gasteiger partial charge in [0.2, 0.25) is 7.20 Å². The number of nitrogens with zero attached hydrogens (tertiary/aromatic N) is 1. The summed E-state index contributed by atoms with van der Waals surface area (Å²) in [6, 6.07) is 10.1. The highest BCUT2D eigenvalue weighted by atomic mass is 32.1. The molecule has 1 aromatic carbocycles. The van der Waals surface area contributed by atoms with Crippen LogP contribution in [0.25, 0.3) is 0 Å². The van der Waals surface area contributed by atoms with Crippen LogP contribution >= 0.6 is 14.8 Å². The lowest BCUT2D eigenvalue weighted by Gasteiger charge is -2.36. The highest BCUT2D eigenvalue weighted by Gasteiger charge is 2.37. The van der Waals surface area contributed by atoms with Crippen LogP contribution in [0.2, 0.25) is 0 Å². The van der Waals surface area contributed by atoms with Crippen LogP contribution < -0.4 is 0 Å². The summed E-state index contributed by atoms with van der Waals surface area (Å²) in [7, 11) is -2.71. The van der Waals surface area contributed by atoms with E-state index in [1.54, 1.807) is 0 Å². The second-order valence-electron chi connectivity index (χ2n) is 5.33. The predicted octanol–water partition coefficient (Wildman–Crippen LogP) is 6.64. The van der Waals surface area contributed by atoms with Crippen molar-refractivity contribution in [2.75, 3.05) is 13.2 Å². The minimum absolute atomic E-state index is 0.462. The summed E-state index contributed by atoms with van der Waals surface area (Å²) in [5, 5.41) is 0. The lowest BCUT2D eigenvalue weighted by molar-refractivity contribution is 0.272. The number of rotatable bonds is 8. The molecule has 1 rings (SSSR count). The molecule has 0 N–H and O–H groups in total. The fourth-order valence-corrected chi connectivity index (χ4v) is 12.1. The van der Waals surface area contributed by atoms with E-state index in [1.165, 1.54) is 0 Å². The van der Waals surface area contributed by atoms with Crippen molar-refractivity contribution in [1.82, 2.24) is 0 Å². The van der Waals surface area contributed by atoms with E-state index in [0.29, 0.717) is 24.5 Å². The molecule has 0 saturated carbocycles. The summed E-state index contributed by atoms with van der Waals surface area (Å²) in [4.78, 5) is 0. The van der Waals surface area contributed by atoms with Crippen LogP contribution in [-0.4, -0.2) is 24.5 Å². The van der Waals surface area contributed by atoms with Gasteiger partial charge in [-0.25, -0.2) is 4.74 Å². The van der Waals surface area contributed by atoms with Crippen molar-refractivity contribution in [3.8, 4) is 0 Å². The highest BCUT2D eigenvalue weighted by Crippen LogP contribution is 2.83.